The van der Waals surface area contributed by atoms with Crippen molar-refractivity contribution in [2.45, 2.75) is 51.2 Å². The Labute approximate surface area is 151 Å². The van der Waals surface area contributed by atoms with Crippen LogP contribution in [0.5, 0.6) is 0 Å². The van der Waals surface area contributed by atoms with Crippen LogP contribution in [0.2, 0.25) is 0 Å². The van der Waals surface area contributed by atoms with Gasteiger partial charge >= 0.3 is 0 Å². The molecule has 0 bridgehead atoms. The van der Waals surface area contributed by atoms with Crippen molar-refractivity contribution in [2.75, 3.05) is 33.4 Å². The van der Waals surface area contributed by atoms with Crippen molar-refractivity contribution in [3.8, 4) is 0 Å². The number of ether oxygens (including phenoxy) is 1. The molecule has 25 heavy (non-hydrogen) atoms. The summed E-state index contributed by atoms with van der Waals surface area (Å²) in [4.78, 5) is 14.2. The van der Waals surface area contributed by atoms with Crippen molar-refractivity contribution in [3.63, 3.8) is 0 Å². The fraction of sp³-hybridized carbons (Fsp3) is 0.650. The fourth-order valence-electron chi connectivity index (χ4n) is 3.25. The van der Waals surface area contributed by atoms with E-state index in [2.05, 4.69) is 50.4 Å². The lowest BCUT2D eigenvalue weighted by molar-refractivity contribution is -0.122. The molecular formula is C20H32N2O3. The molecule has 0 unspecified atom stereocenters. The van der Waals surface area contributed by atoms with Crippen LogP contribution in [0.25, 0.3) is 0 Å². The largest absolute Gasteiger partial charge is 0.395 e. The number of hydrogen-bond donors (Lipinski definition) is 2. The SMILES string of the molecule is CO[C@H]1C[C@@H](CO)N(CC(=O)NCCc2ccc(C(C)(C)C)cc2)C1. The second-order valence-electron chi connectivity index (χ2n) is 7.91. The third-order valence-corrected chi connectivity index (χ3v) is 4.94. The van der Waals surface area contributed by atoms with E-state index in [1.807, 2.05) is 4.90 Å². The number of nitrogens with one attached hydrogen (secondary N) is 1. The maximum Gasteiger partial charge on any atom is 0.234 e. The molecule has 0 spiro atoms. The number of carbonyl (C=O) groups excluding carboxylic acids is 1. The summed E-state index contributed by atoms with van der Waals surface area (Å²) in [6, 6.07) is 8.62. The molecule has 0 saturated carbocycles. The Kier molecular flexibility index (Phi) is 6.99. The maximum absolute atomic E-state index is 12.2. The molecule has 1 heterocycles. The Hall–Kier alpha value is -1.43. The maximum atomic E-state index is 12.2. The first-order valence-electron chi connectivity index (χ1n) is 9.07. The molecule has 2 rings (SSSR count). The minimum atomic E-state index is 0.00140. The summed E-state index contributed by atoms with van der Waals surface area (Å²) in [5.41, 5.74) is 2.70. The van der Waals surface area contributed by atoms with Gasteiger partial charge in [-0.05, 0) is 29.4 Å². The fourth-order valence-corrected chi connectivity index (χ4v) is 3.25. The zero-order valence-corrected chi connectivity index (χ0v) is 15.9. The van der Waals surface area contributed by atoms with E-state index in [-0.39, 0.29) is 30.1 Å². The van der Waals surface area contributed by atoms with Crippen LogP contribution in [0.1, 0.15) is 38.3 Å². The number of rotatable bonds is 7. The molecule has 1 amide bonds. The molecule has 0 aromatic heterocycles. The van der Waals surface area contributed by atoms with E-state index in [9.17, 15) is 9.90 Å². The van der Waals surface area contributed by atoms with Gasteiger partial charge in [-0.25, -0.2) is 0 Å². The normalized spacial score (nSPS) is 21.5. The van der Waals surface area contributed by atoms with E-state index >= 15 is 0 Å². The summed E-state index contributed by atoms with van der Waals surface area (Å²) >= 11 is 0. The monoisotopic (exact) mass is 348 g/mol. The standard InChI is InChI=1S/C20H32N2O3/c1-20(2,3)16-7-5-15(6-8-16)9-10-21-19(24)13-22-12-18(25-4)11-17(22)14-23/h5-8,17-18,23H,9-14H2,1-4H3,(H,21,24)/t17-,18-/m0/s1. The Morgan fingerprint density at radius 1 is 1.32 bits per heavy atom. The molecular weight excluding hydrogens is 316 g/mol. The van der Waals surface area contributed by atoms with Crippen LogP contribution in [0.3, 0.4) is 0 Å². The molecule has 1 saturated heterocycles. The summed E-state index contributed by atoms with van der Waals surface area (Å²) in [6.07, 6.45) is 1.70. The quantitative estimate of drug-likeness (QED) is 0.788. The molecule has 0 aliphatic carbocycles. The molecule has 1 aliphatic rings. The van der Waals surface area contributed by atoms with E-state index in [1.54, 1.807) is 7.11 Å². The van der Waals surface area contributed by atoms with Crippen LogP contribution in [0, 0.1) is 0 Å². The molecule has 1 fully saturated rings. The van der Waals surface area contributed by atoms with E-state index in [0.29, 0.717) is 19.6 Å². The number of hydrogen-bond acceptors (Lipinski definition) is 4. The summed E-state index contributed by atoms with van der Waals surface area (Å²) in [6.45, 7) is 8.31. The summed E-state index contributed by atoms with van der Waals surface area (Å²) in [5, 5.41) is 12.4. The van der Waals surface area contributed by atoms with Crippen molar-refractivity contribution in [2.24, 2.45) is 0 Å². The molecule has 2 atom stereocenters. The van der Waals surface area contributed by atoms with Crippen molar-refractivity contribution in [3.05, 3.63) is 35.4 Å². The number of carbonyl (C=O) groups is 1. The lowest BCUT2D eigenvalue weighted by Crippen LogP contribution is -2.41. The average molecular weight is 348 g/mol. The Balaban J connectivity index is 1.75. The van der Waals surface area contributed by atoms with Crippen LogP contribution in [-0.4, -0.2) is 61.4 Å². The van der Waals surface area contributed by atoms with Crippen molar-refractivity contribution >= 4 is 5.91 Å². The van der Waals surface area contributed by atoms with Crippen LogP contribution >= 0.6 is 0 Å². The summed E-state index contributed by atoms with van der Waals surface area (Å²) in [5.74, 6) is 0.00140. The smallest absolute Gasteiger partial charge is 0.234 e. The number of nitrogens with zero attached hydrogens (tertiary/aromatic N) is 1. The molecule has 5 nitrogen and oxygen atoms in total. The number of likely N-dealkylation sites (tertiary alicyclic amines) is 1. The highest BCUT2D eigenvalue weighted by Crippen LogP contribution is 2.22. The van der Waals surface area contributed by atoms with Gasteiger partial charge in [-0.2, -0.15) is 0 Å². The number of aliphatic hydroxyl groups excluding tert-OH is 1. The molecule has 1 aromatic carbocycles. The van der Waals surface area contributed by atoms with Gasteiger partial charge < -0.3 is 15.2 Å². The predicted octanol–water partition coefficient (Wildman–Crippen LogP) is 1.72. The molecule has 0 radical (unpaired) electrons. The van der Waals surface area contributed by atoms with E-state index < -0.39 is 0 Å². The molecule has 140 valence electrons. The predicted molar refractivity (Wildman–Crippen MR) is 99.7 cm³/mol. The van der Waals surface area contributed by atoms with Crippen LogP contribution in [0.4, 0.5) is 0 Å². The molecule has 1 aromatic rings. The first kappa shape index (κ1) is 19.9. The first-order chi connectivity index (χ1) is 11.8. The first-order valence-corrected chi connectivity index (χ1v) is 9.07. The molecule has 5 heteroatoms. The minimum Gasteiger partial charge on any atom is -0.395 e. The van der Waals surface area contributed by atoms with E-state index in [4.69, 9.17) is 4.74 Å². The Bertz CT molecular complexity index is 551. The van der Waals surface area contributed by atoms with Gasteiger partial charge in [-0.15, -0.1) is 0 Å². The second-order valence-corrected chi connectivity index (χ2v) is 7.91. The van der Waals surface area contributed by atoms with E-state index in [0.717, 1.165) is 12.8 Å². The van der Waals surface area contributed by atoms with Gasteiger partial charge in [0, 0.05) is 26.2 Å². The summed E-state index contributed by atoms with van der Waals surface area (Å²) in [7, 11) is 1.67. The van der Waals surface area contributed by atoms with Gasteiger partial charge in [-0.1, -0.05) is 45.0 Å². The zero-order valence-electron chi connectivity index (χ0n) is 15.9. The lowest BCUT2D eigenvalue weighted by Gasteiger charge is -2.21. The van der Waals surface area contributed by atoms with Gasteiger partial charge in [0.15, 0.2) is 0 Å². The van der Waals surface area contributed by atoms with Gasteiger partial charge in [-0.3, -0.25) is 9.69 Å². The van der Waals surface area contributed by atoms with Crippen molar-refractivity contribution < 1.29 is 14.6 Å². The summed E-state index contributed by atoms with van der Waals surface area (Å²) < 4.78 is 5.34. The highest BCUT2D eigenvalue weighted by molar-refractivity contribution is 5.78. The number of benzene rings is 1. The van der Waals surface area contributed by atoms with E-state index in [1.165, 1.54) is 11.1 Å². The van der Waals surface area contributed by atoms with Gasteiger partial charge in [0.2, 0.25) is 5.91 Å². The highest BCUT2D eigenvalue weighted by atomic mass is 16.5. The molecule has 2 N–H and O–H groups in total. The average Bonchev–Trinajstić information content (AvgIpc) is 2.96. The number of methoxy groups -OCH3 is 1. The lowest BCUT2D eigenvalue weighted by atomic mass is 9.86. The molecule has 1 aliphatic heterocycles. The number of amides is 1. The Morgan fingerprint density at radius 2 is 2.00 bits per heavy atom. The van der Waals surface area contributed by atoms with Gasteiger partial charge in [0.05, 0.1) is 19.3 Å². The third kappa shape index (κ3) is 5.80. The minimum absolute atomic E-state index is 0.00140. The Morgan fingerprint density at radius 3 is 2.56 bits per heavy atom. The van der Waals surface area contributed by atoms with Gasteiger partial charge in [0.25, 0.3) is 0 Å². The van der Waals surface area contributed by atoms with Crippen LogP contribution < -0.4 is 5.32 Å². The second kappa shape index (κ2) is 8.79. The topological polar surface area (TPSA) is 61.8 Å². The van der Waals surface area contributed by atoms with Crippen molar-refractivity contribution in [1.82, 2.24) is 10.2 Å². The van der Waals surface area contributed by atoms with Crippen LogP contribution in [-0.2, 0) is 21.4 Å². The van der Waals surface area contributed by atoms with Crippen LogP contribution in [0.15, 0.2) is 24.3 Å². The third-order valence-electron chi connectivity index (χ3n) is 4.94. The van der Waals surface area contributed by atoms with Gasteiger partial charge in [0.1, 0.15) is 0 Å². The number of aliphatic hydroxyl groups is 1. The highest BCUT2D eigenvalue weighted by Gasteiger charge is 2.32. The van der Waals surface area contributed by atoms with Crippen molar-refractivity contribution in [1.29, 1.82) is 0 Å². The zero-order chi connectivity index (χ0) is 18.4.